The minimum absolute atomic E-state index is 0.0691. The monoisotopic (exact) mass is 1450 g/mol. The van der Waals surface area contributed by atoms with E-state index < -0.39 is 241 Å². The van der Waals surface area contributed by atoms with Crippen LogP contribution in [0.2, 0.25) is 0 Å². The quantitative estimate of drug-likeness (QED) is 0.0272. The maximum Gasteiger partial charge on any atom is 0.346 e. The summed E-state index contributed by atoms with van der Waals surface area (Å²) >= 11 is 0. The summed E-state index contributed by atoms with van der Waals surface area (Å²) in [6.07, 6.45) is -31.1. The van der Waals surface area contributed by atoms with Crippen LogP contribution in [0, 0.1) is 0 Å². The molecule has 38 nitrogen and oxygen atoms in total. The van der Waals surface area contributed by atoms with E-state index in [1.165, 1.54) is 24.3 Å². The highest BCUT2D eigenvalue weighted by Gasteiger charge is 2.55. The van der Waals surface area contributed by atoms with E-state index in [0.29, 0.717) is 11.3 Å². The topological polar surface area (TPSA) is 594 Å². The molecule has 103 heavy (non-hydrogen) atoms. The third-order valence-corrected chi connectivity index (χ3v) is 18.8. The second-order valence-corrected chi connectivity index (χ2v) is 25.5. The number of nitrogens with one attached hydrogen (secondary N) is 8. The van der Waals surface area contributed by atoms with Gasteiger partial charge in [0, 0.05) is 18.9 Å². The molecule has 1 unspecified atom stereocenters. The Morgan fingerprint density at radius 2 is 1.16 bits per heavy atom. The Labute approximate surface area is 586 Å². The molecule has 562 valence electrons. The number of fused-ring (bicyclic) bond motifs is 1. The number of aliphatic hydroxyl groups excluding tert-OH is 13. The number of hydrogen-bond acceptors (Lipinski definition) is 31. The third kappa shape index (κ3) is 17.6. The number of aliphatic hydroxyl groups is 13. The fraction of sp³-hybridized carbons (Fsp3) is 0.538. The average Bonchev–Trinajstić information content (AvgIpc) is 1.69. The third-order valence-electron chi connectivity index (χ3n) is 18.8. The summed E-state index contributed by atoms with van der Waals surface area (Å²) in [6.45, 7) is -4.28. The summed E-state index contributed by atoms with van der Waals surface area (Å²) in [7, 11) is 0. The smallest absolute Gasteiger partial charge is 0.346 e. The first-order chi connectivity index (χ1) is 49.3. The molecule has 4 saturated heterocycles. The molecule has 25 N–H and O–H groups in total. The fourth-order valence-electron chi connectivity index (χ4n) is 12.9. The lowest BCUT2D eigenvalue weighted by atomic mass is 9.92. The molecular formula is C65H87N12O26+. The Bertz CT molecular complexity index is 3660. The number of amides is 6. The Kier molecular flexibility index (Phi) is 25.7. The van der Waals surface area contributed by atoms with Gasteiger partial charge in [0.1, 0.15) is 140 Å². The highest BCUT2D eigenvalue weighted by molar-refractivity contribution is 5.98. The van der Waals surface area contributed by atoms with Crippen LogP contribution < -0.4 is 63.5 Å². The van der Waals surface area contributed by atoms with Crippen molar-refractivity contribution in [3.8, 4) is 11.5 Å². The Morgan fingerprint density at radius 3 is 1.83 bits per heavy atom. The van der Waals surface area contributed by atoms with Gasteiger partial charge in [0.2, 0.25) is 48.0 Å². The molecule has 0 aliphatic carbocycles. The number of aliphatic imine (C=N–C) groups is 1. The molecule has 25 atom stereocenters. The van der Waals surface area contributed by atoms with E-state index in [-0.39, 0.29) is 29.8 Å². The van der Waals surface area contributed by atoms with Gasteiger partial charge in [0.25, 0.3) is 0 Å². The van der Waals surface area contributed by atoms with Gasteiger partial charge in [-0.15, -0.1) is 0 Å². The minimum Gasteiger partial charge on any atom is -0.468 e. The van der Waals surface area contributed by atoms with Crippen molar-refractivity contribution < 1.29 is 133 Å². The maximum atomic E-state index is 15.2. The summed E-state index contributed by atoms with van der Waals surface area (Å²) < 4.78 is 42.1. The van der Waals surface area contributed by atoms with Gasteiger partial charge in [-0.25, -0.2) is 9.57 Å². The second kappa shape index (κ2) is 34.3. The van der Waals surface area contributed by atoms with Crippen LogP contribution in [0.4, 0.5) is 0 Å². The summed E-state index contributed by atoms with van der Waals surface area (Å²) in [4.78, 5) is 91.8. The number of nitrogens with zero attached hydrogens (tertiary/aromatic N) is 2. The van der Waals surface area contributed by atoms with Crippen LogP contribution in [-0.2, 0) is 58.9 Å². The molecule has 6 aliphatic rings. The van der Waals surface area contributed by atoms with E-state index in [1.807, 2.05) is 30.3 Å². The Hall–Kier alpha value is -8.62. The molecule has 0 spiro atoms. The van der Waals surface area contributed by atoms with Gasteiger partial charge in [-0.1, -0.05) is 79.7 Å². The zero-order valence-electron chi connectivity index (χ0n) is 55.2. The number of benzene rings is 4. The largest absolute Gasteiger partial charge is 0.468 e. The molecule has 38 heteroatoms. The van der Waals surface area contributed by atoms with Crippen LogP contribution in [0.1, 0.15) is 24.0 Å². The predicted octanol–water partition coefficient (Wildman–Crippen LogP) is -11.1. The Balaban J connectivity index is 0.913. The van der Waals surface area contributed by atoms with Gasteiger partial charge < -0.3 is 142 Å². The normalized spacial score (nSPS) is 34.5. The molecular weight excluding hydrogens is 1360 g/mol. The Morgan fingerprint density at radius 1 is 0.553 bits per heavy atom. The molecule has 10 rings (SSSR count). The van der Waals surface area contributed by atoms with Crippen LogP contribution in [0.15, 0.2) is 102 Å². The highest BCUT2D eigenvalue weighted by atomic mass is 16.8. The van der Waals surface area contributed by atoms with E-state index in [0.717, 1.165) is 15.3 Å². The van der Waals surface area contributed by atoms with Crippen LogP contribution >= 0.6 is 0 Å². The number of nitrogens with two attached hydrogens (primary N) is 2. The fourth-order valence-corrected chi connectivity index (χ4v) is 12.9. The molecule has 4 aromatic carbocycles. The zero-order valence-corrected chi connectivity index (χ0v) is 55.2. The molecule has 0 saturated carbocycles. The van der Waals surface area contributed by atoms with Gasteiger partial charge in [0.15, 0.2) is 19.0 Å². The predicted molar refractivity (Wildman–Crippen MR) is 351 cm³/mol. The standard InChI is InChI=1S/C65H86N12O26/c1-27(29-7-3-2-4-8-29)42-58(94)71-34(17-28-11-14-32(15-12-28)99-62-53(91)51(89)54(40(25-81)102-62)103-63-55(50(88)48(86)39(24-80)101-63)98-26-97-33-16-13-30-9-5-6-10-31(30)18-33)57(93)75-43(45(83)35-19-69-64(66)73-35)60(96)76-44(59(95)72-36(22-78)56(92)68-21-41(82)74-42)46(84)37-20-70-65(67)77(37)61-52(90)49(87)47(85)38(23-79)100-61/h2-16,18,27,34-40,42-55,61-63,78-81,83-91H,17,19-26H2,1H3,(H11,66,67,68,69,70,71,72,73,74,75,76,82,92,93,94,95,96)/p+1/t27-,34-,35+,36?,37+,38+,39+,40-,42-,43+,44-,45-,46-,47+,48+,49+,50+,51+,52+,53-,54+,55+,61-,62-,63+/m1/s1. The van der Waals surface area contributed by atoms with Gasteiger partial charge in [-0.2, -0.15) is 0 Å². The van der Waals surface area contributed by atoms with Crippen LogP contribution in [0.25, 0.3) is 10.8 Å². The van der Waals surface area contributed by atoms with Crippen molar-refractivity contribution in [2.75, 3.05) is 52.9 Å². The summed E-state index contributed by atoms with van der Waals surface area (Å²) in [5, 5.41) is 165. The van der Waals surface area contributed by atoms with Crippen molar-refractivity contribution in [2.45, 2.75) is 166 Å². The lowest BCUT2D eigenvalue weighted by Crippen LogP contribution is -2.68. The summed E-state index contributed by atoms with van der Waals surface area (Å²) in [5.41, 5.74) is 12.9. The maximum absolute atomic E-state index is 15.2. The summed E-state index contributed by atoms with van der Waals surface area (Å²) in [6, 6.07) is 13.6. The second-order valence-electron chi connectivity index (χ2n) is 25.5. The number of ether oxygens (including phenoxy) is 7. The lowest BCUT2D eigenvalue weighted by Gasteiger charge is -2.46. The van der Waals surface area contributed by atoms with Crippen molar-refractivity contribution in [1.29, 1.82) is 0 Å². The van der Waals surface area contributed by atoms with Gasteiger partial charge in [-0.3, -0.25) is 39.8 Å². The van der Waals surface area contributed by atoms with Crippen LogP contribution in [0.3, 0.4) is 0 Å². The van der Waals surface area contributed by atoms with Crippen molar-refractivity contribution in [2.24, 2.45) is 16.5 Å². The van der Waals surface area contributed by atoms with Crippen molar-refractivity contribution >= 4 is 58.1 Å². The SMILES string of the molecule is C[C@H](c1ccccc1)[C@H]1NC(=O)CNC(=O)C(CO)NC(=O)[C@@H]([C@H](O)[C@@H]2CNC(N)=[N+]2[C@@H]2O[C@@H](CO)[C@H](O)[C@H](O)[C@@H]2O)NC(=O)[C@H]([C@H](O)[C@@H]2CNC(N)=N2)NC(=O)[C@@H](Cc2ccc(O[C@@H]3O[C@H](CO)[C@H](O[C@@H]4O[C@@H](CO)[C@H](O)[C@H](O)[C@@H]4OCOc4ccc5ccccc5c4)[C@@H](O)[C@H]3O)cc2)NC1=O. The lowest BCUT2D eigenvalue weighted by molar-refractivity contribution is -0.663. The molecule has 6 aliphatic heterocycles. The number of rotatable bonds is 21. The molecule has 0 bridgehead atoms. The van der Waals surface area contributed by atoms with E-state index in [2.05, 4.69) is 47.5 Å². The first kappa shape index (κ1) is 77.0. The number of guanidine groups is 2. The summed E-state index contributed by atoms with van der Waals surface area (Å²) in [5.74, 6) is -8.48. The van der Waals surface area contributed by atoms with Crippen molar-refractivity contribution in [1.82, 2.24) is 42.5 Å². The van der Waals surface area contributed by atoms with Crippen molar-refractivity contribution in [3.63, 3.8) is 0 Å². The van der Waals surface area contributed by atoms with E-state index in [9.17, 15) is 85.6 Å². The van der Waals surface area contributed by atoms with E-state index in [1.54, 1.807) is 49.4 Å². The van der Waals surface area contributed by atoms with E-state index in [4.69, 9.17) is 44.6 Å². The first-order valence-electron chi connectivity index (χ1n) is 33.0. The molecule has 0 radical (unpaired) electrons. The van der Waals surface area contributed by atoms with Crippen LogP contribution in [0.5, 0.6) is 11.5 Å². The number of carbonyl (C=O) groups excluding carboxylic acids is 6. The van der Waals surface area contributed by atoms with Gasteiger partial charge >= 0.3 is 5.96 Å². The highest BCUT2D eigenvalue weighted by Crippen LogP contribution is 2.33. The van der Waals surface area contributed by atoms with Gasteiger partial charge in [-0.05, 0) is 46.2 Å². The van der Waals surface area contributed by atoms with Gasteiger partial charge in [0.05, 0.1) is 39.0 Å². The molecule has 6 amide bonds. The van der Waals surface area contributed by atoms with Crippen LogP contribution in [-0.4, -0.2) is 318 Å². The van der Waals surface area contributed by atoms with Crippen molar-refractivity contribution in [3.05, 3.63) is 108 Å². The number of hydrogen-bond donors (Lipinski definition) is 23. The molecule has 6 heterocycles. The molecule has 4 fully saturated rings. The number of carbonyl (C=O) groups is 6. The van der Waals surface area contributed by atoms with E-state index >= 15 is 9.59 Å². The zero-order chi connectivity index (χ0) is 74.1. The molecule has 0 aromatic heterocycles. The minimum atomic E-state index is -2.34. The average molecular weight is 1450 g/mol. The molecule has 4 aromatic rings. The first-order valence-corrected chi connectivity index (χ1v) is 33.0.